The van der Waals surface area contributed by atoms with Gasteiger partial charge in [0, 0.05) is 10.8 Å². The maximum atomic E-state index is 11.8. The molecule has 23 heavy (non-hydrogen) atoms. The molecule has 0 aromatic heterocycles. The molecule has 112 valence electrons. The molecule has 2 aromatic carbocycles. The summed E-state index contributed by atoms with van der Waals surface area (Å²) < 4.78 is 4.68. The van der Waals surface area contributed by atoms with Gasteiger partial charge in [-0.15, -0.1) is 0 Å². The van der Waals surface area contributed by atoms with Crippen LogP contribution in [0.25, 0.3) is 10.8 Å². The topological polar surface area (TPSA) is 141 Å². The Morgan fingerprint density at radius 3 is 2.57 bits per heavy atom. The molecular formula is C15H9N5O3. The van der Waals surface area contributed by atoms with E-state index in [-0.39, 0.29) is 16.8 Å². The Labute approximate surface area is 129 Å². The fourth-order valence-corrected chi connectivity index (χ4v) is 2.30. The van der Waals surface area contributed by atoms with Gasteiger partial charge in [0.25, 0.3) is 0 Å². The number of hydrazone groups is 1. The third kappa shape index (κ3) is 2.26. The number of nitrogens with one attached hydrogen (secondary N) is 2. The maximum Gasteiger partial charge on any atom is 0.346 e. The Morgan fingerprint density at radius 1 is 1.22 bits per heavy atom. The van der Waals surface area contributed by atoms with E-state index in [9.17, 15) is 9.59 Å². The second kappa shape index (κ2) is 5.23. The number of esters is 2. The van der Waals surface area contributed by atoms with Crippen LogP contribution in [-0.2, 0) is 4.74 Å². The number of rotatable bonds is 3. The van der Waals surface area contributed by atoms with Gasteiger partial charge in [-0.3, -0.25) is 10.8 Å². The smallest absolute Gasteiger partial charge is 0.346 e. The van der Waals surface area contributed by atoms with Crippen molar-refractivity contribution in [3.05, 3.63) is 41.5 Å². The van der Waals surface area contributed by atoms with Gasteiger partial charge in [-0.1, -0.05) is 12.1 Å². The lowest BCUT2D eigenvalue weighted by molar-refractivity contribution is 0.0391. The average Bonchev–Trinajstić information content (AvgIpc) is 2.53. The van der Waals surface area contributed by atoms with Gasteiger partial charge in [-0.2, -0.15) is 10.4 Å². The highest BCUT2D eigenvalue weighted by Crippen LogP contribution is 2.33. The van der Waals surface area contributed by atoms with Crippen LogP contribution in [-0.4, -0.2) is 23.5 Å². The SMILES string of the molecule is N#C/C(=N\Nc1ccc2c3c(cccc13)C(=O)OC2=O)C(=N)N. The van der Waals surface area contributed by atoms with Crippen LogP contribution in [0.4, 0.5) is 5.69 Å². The number of amidine groups is 1. The third-order valence-electron chi connectivity index (χ3n) is 3.32. The van der Waals surface area contributed by atoms with Gasteiger partial charge in [0.1, 0.15) is 6.07 Å². The Hall–Kier alpha value is -3.73. The molecule has 0 amide bonds. The minimum atomic E-state index is -0.713. The molecule has 0 aliphatic carbocycles. The van der Waals surface area contributed by atoms with Gasteiger partial charge in [-0.05, 0) is 18.2 Å². The Morgan fingerprint density at radius 2 is 1.91 bits per heavy atom. The zero-order chi connectivity index (χ0) is 16.6. The van der Waals surface area contributed by atoms with Crippen molar-refractivity contribution in [1.29, 1.82) is 10.7 Å². The maximum absolute atomic E-state index is 11.8. The monoisotopic (exact) mass is 307 g/mol. The first-order valence-corrected chi connectivity index (χ1v) is 6.43. The Kier molecular flexibility index (Phi) is 3.23. The van der Waals surface area contributed by atoms with Crippen molar-refractivity contribution in [1.82, 2.24) is 0 Å². The van der Waals surface area contributed by atoms with Crippen molar-refractivity contribution in [3.8, 4) is 6.07 Å². The standard InChI is InChI=1S/C15H9N5O3/c16-6-11(13(17)18)20-19-10-5-4-9-12-7(10)2-1-3-8(12)14(21)23-15(9)22/h1-5,19H,(H3,17,18)/b20-11+. The number of nitrogens with zero attached hydrogens (tertiary/aromatic N) is 2. The van der Waals surface area contributed by atoms with Gasteiger partial charge in [-0.25, -0.2) is 9.59 Å². The van der Waals surface area contributed by atoms with Gasteiger partial charge in [0.05, 0.1) is 16.8 Å². The predicted molar refractivity (Wildman–Crippen MR) is 82.3 cm³/mol. The summed E-state index contributed by atoms with van der Waals surface area (Å²) in [4.78, 5) is 23.6. The lowest BCUT2D eigenvalue weighted by atomic mass is 9.96. The number of nitrogens with two attached hydrogens (primary N) is 1. The Bertz CT molecular complexity index is 935. The summed E-state index contributed by atoms with van der Waals surface area (Å²) in [7, 11) is 0. The van der Waals surface area contributed by atoms with E-state index in [1.54, 1.807) is 30.3 Å². The molecule has 0 bridgehead atoms. The summed E-state index contributed by atoms with van der Waals surface area (Å²) >= 11 is 0. The summed E-state index contributed by atoms with van der Waals surface area (Å²) in [5.74, 6) is -1.90. The van der Waals surface area contributed by atoms with Gasteiger partial charge in [0.2, 0.25) is 5.71 Å². The van der Waals surface area contributed by atoms with E-state index in [4.69, 9.17) is 16.4 Å². The van der Waals surface area contributed by atoms with E-state index in [1.807, 2.05) is 0 Å². The average molecular weight is 307 g/mol. The molecule has 1 aliphatic heterocycles. The fourth-order valence-electron chi connectivity index (χ4n) is 2.30. The molecule has 0 saturated heterocycles. The van der Waals surface area contributed by atoms with Gasteiger partial charge < -0.3 is 10.5 Å². The van der Waals surface area contributed by atoms with Crippen molar-refractivity contribution in [2.75, 3.05) is 5.43 Å². The van der Waals surface area contributed by atoms with E-state index in [2.05, 4.69) is 15.3 Å². The zero-order valence-electron chi connectivity index (χ0n) is 11.6. The minimum Gasteiger partial charge on any atom is -0.386 e. The molecule has 0 fully saturated rings. The number of benzene rings is 2. The molecule has 0 unspecified atom stereocenters. The lowest BCUT2D eigenvalue weighted by Gasteiger charge is -2.17. The minimum absolute atomic E-state index is 0.275. The van der Waals surface area contributed by atoms with E-state index in [0.29, 0.717) is 16.5 Å². The highest BCUT2D eigenvalue weighted by Gasteiger charge is 2.27. The molecule has 0 atom stereocenters. The molecule has 4 N–H and O–H groups in total. The normalized spacial score (nSPS) is 13.4. The lowest BCUT2D eigenvalue weighted by Crippen LogP contribution is -2.22. The second-order valence-electron chi connectivity index (χ2n) is 4.66. The first kappa shape index (κ1) is 14.2. The summed E-state index contributed by atoms with van der Waals surface area (Å²) in [6, 6.07) is 9.66. The van der Waals surface area contributed by atoms with Crippen LogP contribution in [0.5, 0.6) is 0 Å². The van der Waals surface area contributed by atoms with E-state index >= 15 is 0 Å². The van der Waals surface area contributed by atoms with Crippen LogP contribution in [0.3, 0.4) is 0 Å². The second-order valence-corrected chi connectivity index (χ2v) is 4.66. The van der Waals surface area contributed by atoms with Gasteiger partial charge in [0.15, 0.2) is 5.84 Å². The van der Waals surface area contributed by atoms with Crippen LogP contribution in [0.2, 0.25) is 0 Å². The van der Waals surface area contributed by atoms with E-state index in [1.165, 1.54) is 6.07 Å². The summed E-state index contributed by atoms with van der Waals surface area (Å²) in [5, 5.41) is 20.8. The molecule has 0 spiro atoms. The highest BCUT2D eigenvalue weighted by molar-refractivity contribution is 6.45. The van der Waals surface area contributed by atoms with E-state index < -0.39 is 17.8 Å². The highest BCUT2D eigenvalue weighted by atomic mass is 16.6. The van der Waals surface area contributed by atoms with Crippen molar-refractivity contribution in [2.45, 2.75) is 0 Å². The molecule has 0 radical (unpaired) electrons. The molecule has 1 aliphatic rings. The van der Waals surface area contributed by atoms with Crippen LogP contribution in [0, 0.1) is 16.7 Å². The molecule has 8 heteroatoms. The number of hydrogen-bond donors (Lipinski definition) is 3. The molecule has 8 nitrogen and oxygen atoms in total. The zero-order valence-corrected chi connectivity index (χ0v) is 11.6. The Balaban J connectivity index is 2.18. The van der Waals surface area contributed by atoms with Crippen LogP contribution in [0.15, 0.2) is 35.4 Å². The number of carbonyl (C=O) groups is 2. The fraction of sp³-hybridized carbons (Fsp3) is 0. The summed E-state index contributed by atoms with van der Waals surface area (Å²) in [5.41, 5.74) is 8.59. The quantitative estimate of drug-likeness (QED) is 0.257. The molecular weight excluding hydrogens is 298 g/mol. The number of anilines is 1. The number of carbonyl (C=O) groups excluding carboxylic acids is 2. The largest absolute Gasteiger partial charge is 0.386 e. The van der Waals surface area contributed by atoms with Crippen molar-refractivity contribution in [2.24, 2.45) is 10.8 Å². The molecule has 2 aromatic rings. The third-order valence-corrected chi connectivity index (χ3v) is 3.32. The van der Waals surface area contributed by atoms with Crippen molar-refractivity contribution < 1.29 is 14.3 Å². The summed E-state index contributed by atoms with van der Waals surface area (Å²) in [6.45, 7) is 0. The molecule has 3 rings (SSSR count). The van der Waals surface area contributed by atoms with Crippen molar-refractivity contribution >= 4 is 39.9 Å². The first-order chi connectivity index (χ1) is 11.0. The first-order valence-electron chi connectivity index (χ1n) is 6.43. The van der Waals surface area contributed by atoms with Crippen LogP contribution >= 0.6 is 0 Å². The molecule has 1 heterocycles. The number of nitriles is 1. The van der Waals surface area contributed by atoms with Gasteiger partial charge >= 0.3 is 11.9 Å². The molecule has 0 saturated carbocycles. The predicted octanol–water partition coefficient (Wildman–Crippen LogP) is 1.38. The number of cyclic esters (lactones) is 2. The van der Waals surface area contributed by atoms with Crippen LogP contribution in [0.1, 0.15) is 20.7 Å². The summed E-state index contributed by atoms with van der Waals surface area (Å²) in [6.07, 6.45) is 0. The number of hydrogen-bond acceptors (Lipinski definition) is 7. The van der Waals surface area contributed by atoms with Crippen LogP contribution < -0.4 is 11.2 Å². The number of ether oxygens (including phenoxy) is 1. The van der Waals surface area contributed by atoms with E-state index in [0.717, 1.165) is 0 Å². The van der Waals surface area contributed by atoms with Crippen molar-refractivity contribution in [3.63, 3.8) is 0 Å².